The third-order valence-electron chi connectivity index (χ3n) is 3.61. The second-order valence-corrected chi connectivity index (χ2v) is 5.08. The Morgan fingerprint density at radius 2 is 2.20 bits per heavy atom. The monoisotopic (exact) mass is 283 g/mol. The van der Waals surface area contributed by atoms with Crippen LogP contribution in [0.2, 0.25) is 0 Å². The number of hydrogen-bond acceptors (Lipinski definition) is 2. The highest BCUT2D eigenvalue weighted by atomic mass is 19.2. The number of likely N-dealkylation sites (tertiary alicyclic amines) is 1. The molecule has 1 aliphatic rings. The van der Waals surface area contributed by atoms with Crippen LogP contribution < -0.4 is 10.6 Å². The zero-order valence-electron chi connectivity index (χ0n) is 11.5. The van der Waals surface area contributed by atoms with E-state index < -0.39 is 17.7 Å². The van der Waals surface area contributed by atoms with Gasteiger partial charge in [0, 0.05) is 24.3 Å². The van der Waals surface area contributed by atoms with Gasteiger partial charge < -0.3 is 15.5 Å². The second-order valence-electron chi connectivity index (χ2n) is 5.08. The molecule has 0 aromatic heterocycles. The zero-order chi connectivity index (χ0) is 14.5. The smallest absolute Gasteiger partial charge is 0.319 e. The van der Waals surface area contributed by atoms with Crippen molar-refractivity contribution in [2.24, 2.45) is 0 Å². The maximum Gasteiger partial charge on any atom is 0.319 e. The molecular formula is C14H19F2N3O. The lowest BCUT2D eigenvalue weighted by Crippen LogP contribution is -2.34. The van der Waals surface area contributed by atoms with Crippen LogP contribution in [-0.4, -0.2) is 37.1 Å². The lowest BCUT2D eigenvalue weighted by atomic mass is 10.1. The van der Waals surface area contributed by atoms with Crippen molar-refractivity contribution in [3.05, 3.63) is 29.8 Å². The second kappa shape index (κ2) is 6.65. The molecule has 6 heteroatoms. The molecule has 1 aromatic carbocycles. The van der Waals surface area contributed by atoms with E-state index in [1.54, 1.807) is 0 Å². The average molecular weight is 283 g/mol. The molecule has 0 saturated carbocycles. The van der Waals surface area contributed by atoms with E-state index in [2.05, 4.69) is 22.6 Å². The van der Waals surface area contributed by atoms with Crippen molar-refractivity contribution in [3.63, 3.8) is 0 Å². The molecule has 4 nitrogen and oxygen atoms in total. The predicted octanol–water partition coefficient (Wildman–Crippen LogP) is 2.57. The highest BCUT2D eigenvalue weighted by Gasteiger charge is 2.20. The van der Waals surface area contributed by atoms with Crippen molar-refractivity contribution in [2.75, 3.05) is 25.5 Å². The van der Waals surface area contributed by atoms with Crippen LogP contribution in [-0.2, 0) is 0 Å². The van der Waals surface area contributed by atoms with Crippen LogP contribution in [0.1, 0.15) is 19.3 Å². The minimum absolute atomic E-state index is 0.236. The number of carbonyl (C=O) groups is 1. The molecule has 110 valence electrons. The van der Waals surface area contributed by atoms with Crippen molar-refractivity contribution in [1.29, 1.82) is 0 Å². The van der Waals surface area contributed by atoms with E-state index in [-0.39, 0.29) is 5.69 Å². The van der Waals surface area contributed by atoms with E-state index in [9.17, 15) is 13.6 Å². The van der Waals surface area contributed by atoms with Crippen molar-refractivity contribution < 1.29 is 13.6 Å². The largest absolute Gasteiger partial charge is 0.338 e. The number of benzene rings is 1. The van der Waals surface area contributed by atoms with Gasteiger partial charge in [0.2, 0.25) is 0 Å². The molecule has 2 N–H and O–H groups in total. The van der Waals surface area contributed by atoms with Gasteiger partial charge in [-0.3, -0.25) is 0 Å². The van der Waals surface area contributed by atoms with E-state index in [1.807, 2.05) is 0 Å². The fourth-order valence-electron chi connectivity index (χ4n) is 2.45. The standard InChI is InChI=1S/C14H19F2N3O/c1-19-8-2-3-11(19)6-7-17-14(20)18-10-4-5-12(15)13(16)9-10/h4-5,9,11H,2-3,6-8H2,1H3,(H2,17,18,20)/t11-/m0/s1. The van der Waals surface area contributed by atoms with Crippen LogP contribution in [0.25, 0.3) is 0 Å². The van der Waals surface area contributed by atoms with E-state index in [0.717, 1.165) is 31.5 Å². The molecule has 0 radical (unpaired) electrons. The van der Waals surface area contributed by atoms with Gasteiger partial charge in [-0.15, -0.1) is 0 Å². The van der Waals surface area contributed by atoms with Crippen LogP contribution in [0.15, 0.2) is 18.2 Å². The summed E-state index contributed by atoms with van der Waals surface area (Å²) in [7, 11) is 2.08. The molecule has 1 aromatic rings. The maximum atomic E-state index is 13.0. The van der Waals surface area contributed by atoms with Gasteiger partial charge in [0.15, 0.2) is 11.6 Å². The molecule has 1 heterocycles. The van der Waals surface area contributed by atoms with Crippen LogP contribution in [0, 0.1) is 11.6 Å². The molecule has 2 amide bonds. The molecule has 1 fully saturated rings. The summed E-state index contributed by atoms with van der Waals surface area (Å²) in [5, 5.41) is 5.20. The molecule has 0 aliphatic carbocycles. The number of rotatable bonds is 4. The Morgan fingerprint density at radius 3 is 2.85 bits per heavy atom. The number of anilines is 1. The minimum atomic E-state index is -0.976. The van der Waals surface area contributed by atoms with Gasteiger partial charge in [-0.1, -0.05) is 0 Å². The normalized spacial score (nSPS) is 19.1. The van der Waals surface area contributed by atoms with Gasteiger partial charge in [-0.05, 0) is 45.0 Å². The minimum Gasteiger partial charge on any atom is -0.338 e. The highest BCUT2D eigenvalue weighted by Crippen LogP contribution is 2.17. The van der Waals surface area contributed by atoms with Crippen LogP contribution in [0.3, 0.4) is 0 Å². The number of carbonyl (C=O) groups excluding carboxylic acids is 1. The average Bonchev–Trinajstić information content (AvgIpc) is 2.80. The molecule has 1 atom stereocenters. The number of halogens is 2. The topological polar surface area (TPSA) is 44.4 Å². The Hall–Kier alpha value is -1.69. The fraction of sp³-hybridized carbons (Fsp3) is 0.500. The Balaban J connectivity index is 1.73. The summed E-state index contributed by atoms with van der Waals surface area (Å²) < 4.78 is 25.7. The first-order valence-corrected chi connectivity index (χ1v) is 6.76. The van der Waals surface area contributed by atoms with Gasteiger partial charge in [-0.25, -0.2) is 13.6 Å². The lowest BCUT2D eigenvalue weighted by Gasteiger charge is -2.19. The Labute approximate surface area is 117 Å². The summed E-state index contributed by atoms with van der Waals surface area (Å²) >= 11 is 0. The Morgan fingerprint density at radius 1 is 1.40 bits per heavy atom. The van der Waals surface area contributed by atoms with Crippen LogP contribution in [0.5, 0.6) is 0 Å². The first-order valence-electron chi connectivity index (χ1n) is 6.76. The Bertz CT molecular complexity index is 481. The zero-order valence-corrected chi connectivity index (χ0v) is 11.5. The summed E-state index contributed by atoms with van der Waals surface area (Å²) in [4.78, 5) is 13.9. The number of nitrogens with zero attached hydrogens (tertiary/aromatic N) is 1. The summed E-state index contributed by atoms with van der Waals surface area (Å²) in [5.41, 5.74) is 0.236. The molecule has 1 aliphatic heterocycles. The van der Waals surface area contributed by atoms with Gasteiger partial charge in [0.05, 0.1) is 0 Å². The summed E-state index contributed by atoms with van der Waals surface area (Å²) in [6.07, 6.45) is 3.24. The SMILES string of the molecule is CN1CCC[C@H]1CCNC(=O)Nc1ccc(F)c(F)c1. The molecule has 0 bridgehead atoms. The lowest BCUT2D eigenvalue weighted by molar-refractivity contribution is 0.248. The molecule has 0 spiro atoms. The summed E-state index contributed by atoms with van der Waals surface area (Å²) in [5.74, 6) is -1.91. The predicted molar refractivity (Wildman–Crippen MR) is 73.6 cm³/mol. The number of hydrogen-bond donors (Lipinski definition) is 2. The van der Waals surface area contributed by atoms with E-state index >= 15 is 0 Å². The van der Waals surface area contributed by atoms with Gasteiger partial charge >= 0.3 is 6.03 Å². The van der Waals surface area contributed by atoms with E-state index in [1.165, 1.54) is 12.5 Å². The van der Waals surface area contributed by atoms with Crippen molar-refractivity contribution in [3.8, 4) is 0 Å². The summed E-state index contributed by atoms with van der Waals surface area (Å²) in [6, 6.07) is 3.37. The third kappa shape index (κ3) is 3.90. The van der Waals surface area contributed by atoms with Gasteiger partial charge in [-0.2, -0.15) is 0 Å². The highest BCUT2D eigenvalue weighted by molar-refractivity contribution is 5.89. The third-order valence-corrected chi connectivity index (χ3v) is 3.61. The van der Waals surface area contributed by atoms with Gasteiger partial charge in [0.1, 0.15) is 0 Å². The van der Waals surface area contributed by atoms with Crippen LogP contribution in [0.4, 0.5) is 19.3 Å². The van der Waals surface area contributed by atoms with Crippen molar-refractivity contribution in [1.82, 2.24) is 10.2 Å². The number of amides is 2. The number of nitrogens with one attached hydrogen (secondary N) is 2. The molecule has 0 unspecified atom stereocenters. The molecule has 20 heavy (non-hydrogen) atoms. The molecular weight excluding hydrogens is 264 g/mol. The van der Waals surface area contributed by atoms with Gasteiger partial charge in [0.25, 0.3) is 0 Å². The summed E-state index contributed by atoms with van der Waals surface area (Å²) in [6.45, 7) is 1.66. The quantitative estimate of drug-likeness (QED) is 0.892. The van der Waals surface area contributed by atoms with Crippen LogP contribution >= 0.6 is 0 Å². The first kappa shape index (κ1) is 14.7. The van der Waals surface area contributed by atoms with E-state index in [0.29, 0.717) is 12.6 Å². The Kier molecular flexibility index (Phi) is 4.89. The maximum absolute atomic E-state index is 13.0. The van der Waals surface area contributed by atoms with Crippen molar-refractivity contribution >= 4 is 11.7 Å². The molecule has 2 rings (SSSR count). The first-order chi connectivity index (χ1) is 9.56. The molecule has 1 saturated heterocycles. The fourth-order valence-corrected chi connectivity index (χ4v) is 2.45. The van der Waals surface area contributed by atoms with E-state index in [4.69, 9.17) is 0 Å². The number of urea groups is 1. The van der Waals surface area contributed by atoms with Crippen molar-refractivity contribution in [2.45, 2.75) is 25.3 Å².